The minimum Gasteiger partial charge on any atom is -0.463 e. The summed E-state index contributed by atoms with van der Waals surface area (Å²) in [4.78, 5) is 21.7. The average molecular weight is 801 g/mol. The van der Waals surface area contributed by atoms with Crippen molar-refractivity contribution in [3.05, 3.63) is 24.3 Å². The molecule has 0 saturated heterocycles. The maximum absolute atomic E-state index is 12.0. The van der Waals surface area contributed by atoms with Gasteiger partial charge < -0.3 is 19.2 Å². The molecule has 9 heteroatoms. The van der Waals surface area contributed by atoms with Crippen LogP contribution in [0.15, 0.2) is 24.3 Å². The molecule has 326 valence electrons. The molecular weight excluding hydrogens is 709 g/mol. The van der Waals surface area contributed by atoms with E-state index >= 15 is 0 Å². The Morgan fingerprint density at radius 1 is 0.564 bits per heavy atom. The molecule has 2 N–H and O–H groups in total. The van der Waals surface area contributed by atoms with E-state index in [1.807, 2.05) is 21.1 Å². The number of phosphoric ester groups is 1. The quantitative estimate of drug-likeness (QED) is 0.0208. The van der Waals surface area contributed by atoms with Gasteiger partial charge in [0.1, 0.15) is 25.9 Å². The molecule has 2 unspecified atom stereocenters. The summed E-state index contributed by atoms with van der Waals surface area (Å²) in [6, 6.07) is 0. The van der Waals surface area contributed by atoms with Gasteiger partial charge in [-0.15, -0.1) is 0 Å². The molecule has 0 aromatic carbocycles. The number of aliphatic hydroxyl groups is 1. The van der Waals surface area contributed by atoms with E-state index in [2.05, 4.69) is 31.2 Å². The molecular formula is C46H91NO7P+. The van der Waals surface area contributed by atoms with Crippen LogP contribution < -0.4 is 0 Å². The minimum absolute atomic E-state index is 0.0562. The summed E-state index contributed by atoms with van der Waals surface area (Å²) in [6.45, 7) is 2.16. The average Bonchev–Trinajstić information content (AvgIpc) is 3.14. The summed E-state index contributed by atoms with van der Waals surface area (Å²) >= 11 is 0. The molecule has 0 heterocycles. The molecule has 55 heavy (non-hydrogen) atoms. The van der Waals surface area contributed by atoms with E-state index in [4.69, 9.17) is 13.8 Å². The molecule has 0 aliphatic heterocycles. The lowest BCUT2D eigenvalue weighted by atomic mass is 10.0. The Labute approximate surface area is 340 Å². The second kappa shape index (κ2) is 39.8. The highest BCUT2D eigenvalue weighted by atomic mass is 31.2. The van der Waals surface area contributed by atoms with E-state index in [0.717, 1.165) is 25.7 Å². The normalized spacial score (nSPS) is 13.9. The minimum atomic E-state index is -4.25. The van der Waals surface area contributed by atoms with Gasteiger partial charge in [-0.05, 0) is 38.5 Å². The fourth-order valence-electron chi connectivity index (χ4n) is 6.57. The van der Waals surface area contributed by atoms with E-state index in [1.165, 1.54) is 173 Å². The molecule has 8 nitrogen and oxygen atoms in total. The van der Waals surface area contributed by atoms with Crippen LogP contribution in [0.4, 0.5) is 0 Å². The topological polar surface area (TPSA) is 102 Å². The first-order valence-electron chi connectivity index (χ1n) is 23.1. The number of aliphatic hydroxyl groups excluding tert-OH is 1. The molecule has 0 rings (SSSR count). The third kappa shape index (κ3) is 45.6. The summed E-state index contributed by atoms with van der Waals surface area (Å²) < 4.78 is 27.3. The third-order valence-corrected chi connectivity index (χ3v) is 11.2. The lowest BCUT2D eigenvalue weighted by Gasteiger charge is -2.24. The van der Waals surface area contributed by atoms with Crippen molar-refractivity contribution in [3.8, 4) is 0 Å². The van der Waals surface area contributed by atoms with Crippen LogP contribution in [0.2, 0.25) is 0 Å². The second-order valence-corrected chi connectivity index (χ2v) is 18.5. The van der Waals surface area contributed by atoms with E-state index in [1.54, 1.807) is 0 Å². The molecule has 0 bridgehead atoms. The first-order valence-corrected chi connectivity index (χ1v) is 24.6. The summed E-state index contributed by atoms with van der Waals surface area (Å²) in [5.74, 6) is -0.367. The van der Waals surface area contributed by atoms with Gasteiger partial charge in [-0.1, -0.05) is 192 Å². The van der Waals surface area contributed by atoms with Crippen LogP contribution in [0.5, 0.6) is 0 Å². The van der Waals surface area contributed by atoms with E-state index in [0.29, 0.717) is 17.4 Å². The summed E-state index contributed by atoms with van der Waals surface area (Å²) in [5.41, 5.74) is 0. The maximum Gasteiger partial charge on any atom is 0.472 e. The van der Waals surface area contributed by atoms with Crippen molar-refractivity contribution < 1.29 is 37.6 Å². The van der Waals surface area contributed by atoms with E-state index in [-0.39, 0.29) is 19.2 Å². The number of unbranched alkanes of at least 4 members (excludes halogenated alkanes) is 28. The number of carbonyl (C=O) groups is 1. The zero-order valence-corrected chi connectivity index (χ0v) is 37.6. The predicted octanol–water partition coefficient (Wildman–Crippen LogP) is 13.3. The van der Waals surface area contributed by atoms with Crippen LogP contribution in [0.25, 0.3) is 0 Å². The third-order valence-electron chi connectivity index (χ3n) is 10.2. The van der Waals surface area contributed by atoms with Gasteiger partial charge in [-0.25, -0.2) is 4.57 Å². The Morgan fingerprint density at radius 2 is 0.945 bits per heavy atom. The summed E-state index contributed by atoms with van der Waals surface area (Å²) in [7, 11) is 1.57. The van der Waals surface area contributed by atoms with Gasteiger partial charge in [0.2, 0.25) is 0 Å². The number of allylic oxidation sites excluding steroid dienone is 4. The Kier molecular flexibility index (Phi) is 39.1. The fraction of sp³-hybridized carbons (Fsp3) is 0.891. The number of likely N-dealkylation sites (N-methyl/N-ethyl adjacent to an activating group) is 1. The Balaban J connectivity index is 3.32. The van der Waals surface area contributed by atoms with Crippen molar-refractivity contribution in [3.63, 3.8) is 0 Å². The first kappa shape index (κ1) is 54.0. The van der Waals surface area contributed by atoms with Crippen LogP contribution in [0, 0.1) is 0 Å². The highest BCUT2D eigenvalue weighted by molar-refractivity contribution is 7.47. The zero-order chi connectivity index (χ0) is 40.6. The second-order valence-electron chi connectivity index (χ2n) is 17.0. The fourth-order valence-corrected chi connectivity index (χ4v) is 7.32. The van der Waals surface area contributed by atoms with Crippen molar-refractivity contribution in [1.82, 2.24) is 0 Å². The number of rotatable bonds is 43. The number of quaternary nitrogens is 1. The molecule has 2 atom stereocenters. The number of hydrogen-bond donors (Lipinski definition) is 2. The van der Waals surface area contributed by atoms with Crippen molar-refractivity contribution in [1.29, 1.82) is 0 Å². The largest absolute Gasteiger partial charge is 0.472 e. The van der Waals surface area contributed by atoms with Crippen LogP contribution in [-0.4, -0.2) is 74.1 Å². The van der Waals surface area contributed by atoms with Crippen molar-refractivity contribution in [2.24, 2.45) is 0 Å². The van der Waals surface area contributed by atoms with E-state index < -0.39 is 20.5 Å². The molecule has 0 spiro atoms. The zero-order valence-electron chi connectivity index (χ0n) is 36.7. The lowest BCUT2D eigenvalue weighted by Crippen LogP contribution is -2.37. The van der Waals surface area contributed by atoms with Crippen molar-refractivity contribution in [2.45, 2.75) is 218 Å². The molecule has 0 aliphatic carbocycles. The number of phosphoric acid groups is 1. The van der Waals surface area contributed by atoms with Gasteiger partial charge >= 0.3 is 13.8 Å². The Morgan fingerprint density at radius 3 is 1.35 bits per heavy atom. The predicted molar refractivity (Wildman–Crippen MR) is 233 cm³/mol. The van der Waals surface area contributed by atoms with Gasteiger partial charge in [-0.3, -0.25) is 13.8 Å². The highest BCUT2D eigenvalue weighted by Gasteiger charge is 2.24. The van der Waals surface area contributed by atoms with Crippen LogP contribution in [0.3, 0.4) is 0 Å². The van der Waals surface area contributed by atoms with Crippen molar-refractivity contribution >= 4 is 13.8 Å². The van der Waals surface area contributed by atoms with Crippen LogP contribution in [-0.2, 0) is 23.1 Å². The number of esters is 1. The van der Waals surface area contributed by atoms with Crippen LogP contribution >= 0.6 is 7.82 Å². The molecule has 0 aliphatic rings. The number of hydrogen-bond acceptors (Lipinski definition) is 6. The van der Waals surface area contributed by atoms with E-state index in [9.17, 15) is 19.4 Å². The van der Waals surface area contributed by atoms with Crippen molar-refractivity contribution in [2.75, 3.05) is 47.5 Å². The van der Waals surface area contributed by atoms with Gasteiger partial charge in [0, 0.05) is 6.42 Å². The van der Waals surface area contributed by atoms with Gasteiger partial charge in [0.15, 0.2) is 0 Å². The monoisotopic (exact) mass is 801 g/mol. The Hall–Kier alpha value is -1.02. The SMILES string of the molecule is CCCCCCC/C=C\C/C=C\CCCCCCCCCCCCCCCCCCCCCCCCCC(=O)OCC(O)COP(=O)(O)OCC[N+](C)(C)C. The molecule has 0 aromatic rings. The highest BCUT2D eigenvalue weighted by Crippen LogP contribution is 2.43. The maximum atomic E-state index is 12.0. The number of carbonyl (C=O) groups excluding carboxylic acids is 1. The molecule has 0 saturated carbocycles. The Bertz CT molecular complexity index is 936. The summed E-state index contributed by atoms with van der Waals surface area (Å²) in [5, 5.41) is 9.92. The van der Waals surface area contributed by atoms with Gasteiger partial charge in [0.25, 0.3) is 0 Å². The van der Waals surface area contributed by atoms with Gasteiger partial charge in [-0.2, -0.15) is 0 Å². The number of ether oxygens (including phenoxy) is 1. The first-order chi connectivity index (χ1) is 26.6. The lowest BCUT2D eigenvalue weighted by molar-refractivity contribution is -0.870. The molecule has 0 radical (unpaired) electrons. The molecule has 0 amide bonds. The standard InChI is InChI=1S/C46H90NO7P/c1-5-6-7-8-9-10-11-12-13-14-15-16-17-18-19-20-21-22-23-24-25-26-27-28-29-30-31-32-33-34-35-36-37-38-39-40-46(49)52-43-45(48)44-54-55(50,51)53-42-41-47(2,3)4/h11-12,14-15,45,48H,5-10,13,16-44H2,1-4H3/p+1/b12-11-,15-14-. The number of nitrogens with zero attached hydrogens (tertiary/aromatic N) is 1. The van der Waals surface area contributed by atoms with Crippen LogP contribution in [0.1, 0.15) is 212 Å². The molecule has 0 fully saturated rings. The smallest absolute Gasteiger partial charge is 0.463 e. The van der Waals surface area contributed by atoms with Gasteiger partial charge in [0.05, 0.1) is 27.7 Å². The summed E-state index contributed by atoms with van der Waals surface area (Å²) in [6.07, 6.45) is 49.6. The molecule has 0 aromatic heterocycles.